The molecule has 0 bridgehead atoms. The van der Waals surface area contributed by atoms with Gasteiger partial charge in [0.15, 0.2) is 6.10 Å². The van der Waals surface area contributed by atoms with Gasteiger partial charge < -0.3 is 14.2 Å². The Morgan fingerprint density at radius 1 is 0.309 bits per heavy atom. The topological polar surface area (TPSA) is 78.9 Å². The zero-order valence-corrected chi connectivity index (χ0v) is 43.8. The second kappa shape index (κ2) is 55.4. The van der Waals surface area contributed by atoms with Crippen molar-refractivity contribution in [1.82, 2.24) is 0 Å². The highest BCUT2D eigenvalue weighted by molar-refractivity contribution is 5.71. The van der Waals surface area contributed by atoms with Crippen LogP contribution in [0.2, 0.25) is 0 Å². The average Bonchev–Trinajstić information content (AvgIpc) is 3.34. The summed E-state index contributed by atoms with van der Waals surface area (Å²) in [5.41, 5.74) is 0. The van der Waals surface area contributed by atoms with E-state index >= 15 is 0 Å². The molecule has 0 aromatic heterocycles. The number of rotatable bonds is 48. The zero-order valence-electron chi connectivity index (χ0n) is 43.8. The number of esters is 3. The first-order valence-corrected chi connectivity index (χ1v) is 27.5. The van der Waals surface area contributed by atoms with E-state index in [1.54, 1.807) is 0 Å². The second-order valence-electron chi connectivity index (χ2n) is 17.7. The van der Waals surface area contributed by atoms with Crippen LogP contribution in [0, 0.1) is 0 Å². The van der Waals surface area contributed by atoms with E-state index in [0.717, 1.165) is 148 Å². The first-order chi connectivity index (χ1) is 33.5. The van der Waals surface area contributed by atoms with Gasteiger partial charge in [0, 0.05) is 19.3 Å². The van der Waals surface area contributed by atoms with Crippen molar-refractivity contribution in [2.75, 3.05) is 13.2 Å². The predicted octanol–water partition coefficient (Wildman–Crippen LogP) is 18.5. The Kier molecular flexibility index (Phi) is 52.0. The fourth-order valence-electron chi connectivity index (χ4n) is 7.14. The molecule has 0 aliphatic carbocycles. The average molecular weight is 941 g/mol. The molecule has 0 N–H and O–H groups in total. The number of unbranched alkanes of at least 4 members (excludes halogenated alkanes) is 17. The van der Waals surface area contributed by atoms with Crippen molar-refractivity contribution < 1.29 is 28.6 Å². The molecule has 6 nitrogen and oxygen atoms in total. The first kappa shape index (κ1) is 63.8. The van der Waals surface area contributed by atoms with E-state index < -0.39 is 6.10 Å². The molecule has 1 unspecified atom stereocenters. The van der Waals surface area contributed by atoms with E-state index in [0.29, 0.717) is 19.3 Å². The monoisotopic (exact) mass is 941 g/mol. The molecular weight excluding hydrogens is 841 g/mol. The third kappa shape index (κ3) is 52.8. The number of hydrogen-bond donors (Lipinski definition) is 0. The Hall–Kier alpha value is -4.19. The maximum absolute atomic E-state index is 12.8. The zero-order chi connectivity index (χ0) is 49.3. The van der Waals surface area contributed by atoms with Crippen LogP contribution in [0.5, 0.6) is 0 Å². The highest BCUT2D eigenvalue weighted by atomic mass is 16.6. The van der Waals surface area contributed by atoms with Gasteiger partial charge in [0.25, 0.3) is 0 Å². The Balaban J connectivity index is 4.37. The smallest absolute Gasteiger partial charge is 0.306 e. The highest BCUT2D eigenvalue weighted by Crippen LogP contribution is 2.13. The van der Waals surface area contributed by atoms with Gasteiger partial charge in [0.1, 0.15) is 13.2 Å². The summed E-state index contributed by atoms with van der Waals surface area (Å²) in [4.78, 5) is 38.0. The van der Waals surface area contributed by atoms with Crippen molar-refractivity contribution in [3.8, 4) is 0 Å². The SMILES string of the molecule is CC/C=C\C/C=C\C/C=C\C/C=C\C/C=C\C/C=C\CCCCCCC(=O)OCC(COC(=O)CCCCCCCCCC)OC(=O)CCCCCCCC/C=C\C/C=C\C/C=C\C/C=C\CC. The first-order valence-electron chi connectivity index (χ1n) is 27.5. The standard InChI is InChI=1S/C62H100O6/c1-4-7-10-13-16-19-21-23-25-27-29-30-31-32-34-35-37-39-41-43-46-49-52-55-61(64)67-58-59(57-66-60(63)54-51-48-45-18-15-12-9-6-3)68-62(65)56-53-50-47-44-42-40-38-36-33-28-26-24-22-20-17-14-11-8-5-2/h7-8,10-11,16-17,19-20,23-26,29-30,32-34,36-37,39,59H,4-6,9,12-15,18,21-22,27-28,31,35,38,40-58H2,1-3H3/b10-7-,11-8-,19-16-,20-17-,25-23-,26-24-,30-29-,34-32-,36-33-,39-37-. The van der Waals surface area contributed by atoms with Crippen molar-refractivity contribution in [1.29, 1.82) is 0 Å². The Bertz CT molecular complexity index is 1450. The van der Waals surface area contributed by atoms with Gasteiger partial charge in [0.05, 0.1) is 0 Å². The summed E-state index contributed by atoms with van der Waals surface area (Å²) in [7, 11) is 0. The van der Waals surface area contributed by atoms with Crippen LogP contribution < -0.4 is 0 Å². The minimum atomic E-state index is -0.797. The second-order valence-corrected chi connectivity index (χ2v) is 17.7. The number of ether oxygens (including phenoxy) is 3. The van der Waals surface area contributed by atoms with E-state index in [-0.39, 0.29) is 31.1 Å². The Morgan fingerprint density at radius 3 is 0.897 bits per heavy atom. The molecule has 0 amide bonds. The molecule has 1 atom stereocenters. The summed E-state index contributed by atoms with van der Waals surface area (Å²) in [6, 6.07) is 0. The summed E-state index contributed by atoms with van der Waals surface area (Å²) in [6.07, 6.45) is 76.2. The van der Waals surface area contributed by atoms with E-state index in [1.165, 1.54) is 44.9 Å². The van der Waals surface area contributed by atoms with Crippen molar-refractivity contribution >= 4 is 17.9 Å². The minimum Gasteiger partial charge on any atom is -0.462 e. The molecule has 68 heavy (non-hydrogen) atoms. The molecule has 6 heteroatoms. The van der Waals surface area contributed by atoms with Gasteiger partial charge in [-0.2, -0.15) is 0 Å². The molecule has 0 spiro atoms. The molecule has 0 aliphatic rings. The summed E-state index contributed by atoms with van der Waals surface area (Å²) >= 11 is 0. The van der Waals surface area contributed by atoms with E-state index in [4.69, 9.17) is 14.2 Å². The van der Waals surface area contributed by atoms with E-state index in [2.05, 4.69) is 142 Å². The van der Waals surface area contributed by atoms with Crippen LogP contribution in [-0.4, -0.2) is 37.2 Å². The molecule has 0 aromatic carbocycles. The van der Waals surface area contributed by atoms with Crippen LogP contribution in [-0.2, 0) is 28.6 Å². The maximum Gasteiger partial charge on any atom is 0.306 e. The molecular formula is C62H100O6. The van der Waals surface area contributed by atoms with Crippen LogP contribution in [0.4, 0.5) is 0 Å². The molecule has 0 rings (SSSR count). The van der Waals surface area contributed by atoms with Gasteiger partial charge >= 0.3 is 17.9 Å². The van der Waals surface area contributed by atoms with Gasteiger partial charge in [-0.25, -0.2) is 0 Å². The third-order valence-electron chi connectivity index (χ3n) is 11.2. The summed E-state index contributed by atoms with van der Waals surface area (Å²) in [5, 5.41) is 0. The summed E-state index contributed by atoms with van der Waals surface area (Å²) < 4.78 is 16.8. The van der Waals surface area contributed by atoms with Crippen molar-refractivity contribution in [2.24, 2.45) is 0 Å². The van der Waals surface area contributed by atoms with Crippen LogP contribution >= 0.6 is 0 Å². The van der Waals surface area contributed by atoms with E-state index in [1.807, 2.05) is 0 Å². The lowest BCUT2D eigenvalue weighted by molar-refractivity contribution is -0.167. The normalized spacial score (nSPS) is 13.0. The van der Waals surface area contributed by atoms with Crippen molar-refractivity contribution in [3.05, 3.63) is 122 Å². The summed E-state index contributed by atoms with van der Waals surface area (Å²) in [5.74, 6) is -0.943. The molecule has 0 saturated carbocycles. The predicted molar refractivity (Wildman–Crippen MR) is 293 cm³/mol. The molecule has 384 valence electrons. The van der Waals surface area contributed by atoms with Gasteiger partial charge in [0.2, 0.25) is 0 Å². The lowest BCUT2D eigenvalue weighted by atomic mass is 10.1. The minimum absolute atomic E-state index is 0.0945. The van der Waals surface area contributed by atoms with Crippen molar-refractivity contribution in [2.45, 2.75) is 239 Å². The van der Waals surface area contributed by atoms with Crippen LogP contribution in [0.25, 0.3) is 0 Å². The molecule has 0 saturated heterocycles. The third-order valence-corrected chi connectivity index (χ3v) is 11.2. The number of carbonyl (C=O) groups is 3. The van der Waals surface area contributed by atoms with Gasteiger partial charge in [-0.15, -0.1) is 0 Å². The quantitative estimate of drug-likeness (QED) is 0.0262. The summed E-state index contributed by atoms with van der Waals surface area (Å²) in [6.45, 7) is 6.34. The molecule has 0 heterocycles. The Labute approximate surface area is 418 Å². The maximum atomic E-state index is 12.8. The number of hydrogen-bond acceptors (Lipinski definition) is 6. The fraction of sp³-hybridized carbons (Fsp3) is 0.629. The van der Waals surface area contributed by atoms with Crippen LogP contribution in [0.3, 0.4) is 0 Å². The number of allylic oxidation sites excluding steroid dienone is 20. The van der Waals surface area contributed by atoms with E-state index in [9.17, 15) is 14.4 Å². The van der Waals surface area contributed by atoms with Crippen LogP contribution in [0.1, 0.15) is 233 Å². The lowest BCUT2D eigenvalue weighted by Gasteiger charge is -2.18. The molecule has 0 radical (unpaired) electrons. The van der Waals surface area contributed by atoms with Crippen LogP contribution in [0.15, 0.2) is 122 Å². The largest absolute Gasteiger partial charge is 0.462 e. The molecule has 0 aliphatic heterocycles. The lowest BCUT2D eigenvalue weighted by Crippen LogP contribution is -2.30. The molecule has 0 fully saturated rings. The Morgan fingerprint density at radius 2 is 0.574 bits per heavy atom. The highest BCUT2D eigenvalue weighted by Gasteiger charge is 2.19. The molecule has 0 aromatic rings. The van der Waals surface area contributed by atoms with Crippen molar-refractivity contribution in [3.63, 3.8) is 0 Å². The van der Waals surface area contributed by atoms with Gasteiger partial charge in [-0.1, -0.05) is 226 Å². The van der Waals surface area contributed by atoms with Gasteiger partial charge in [-0.05, 0) is 109 Å². The fourth-order valence-corrected chi connectivity index (χ4v) is 7.14. The van der Waals surface area contributed by atoms with Gasteiger partial charge in [-0.3, -0.25) is 14.4 Å². The number of carbonyl (C=O) groups excluding carboxylic acids is 3.